The largest absolute Gasteiger partial charge is 0.347 e. The summed E-state index contributed by atoms with van der Waals surface area (Å²) in [5.74, 6) is -0.163. The first kappa shape index (κ1) is 17.5. The first-order valence-corrected chi connectivity index (χ1v) is 8.48. The van der Waals surface area contributed by atoms with E-state index in [0.29, 0.717) is 22.2 Å². The molecular weight excluding hydrogens is 359 g/mol. The number of amides is 1. The molecule has 2 aromatic carbocycles. The van der Waals surface area contributed by atoms with Crippen LogP contribution in [-0.4, -0.2) is 20.7 Å². The zero-order chi connectivity index (χ0) is 17.6. The molecule has 0 aliphatic carbocycles. The van der Waals surface area contributed by atoms with Gasteiger partial charge in [0.05, 0.1) is 19.0 Å². The number of hydrogen-bond acceptors (Lipinski definition) is 3. The van der Waals surface area contributed by atoms with Gasteiger partial charge in [-0.15, -0.1) is 0 Å². The summed E-state index contributed by atoms with van der Waals surface area (Å²) >= 11 is 12.3. The molecule has 5 nitrogen and oxygen atoms in total. The molecule has 0 bridgehead atoms. The van der Waals surface area contributed by atoms with Gasteiger partial charge in [-0.1, -0.05) is 59.6 Å². The van der Waals surface area contributed by atoms with Crippen LogP contribution >= 0.6 is 23.2 Å². The molecule has 1 N–H and O–H groups in total. The smallest absolute Gasteiger partial charge is 0.225 e. The fourth-order valence-corrected chi connectivity index (χ4v) is 3.07. The molecular formula is C18H16Cl2N4O. The normalized spacial score (nSPS) is 11.9. The summed E-state index contributed by atoms with van der Waals surface area (Å²) in [4.78, 5) is 16.5. The Morgan fingerprint density at radius 3 is 2.44 bits per heavy atom. The Morgan fingerprint density at radius 2 is 1.80 bits per heavy atom. The average molecular weight is 375 g/mol. The van der Waals surface area contributed by atoms with Crippen molar-refractivity contribution < 1.29 is 4.79 Å². The second kappa shape index (κ2) is 8.14. The van der Waals surface area contributed by atoms with Crippen LogP contribution in [0.15, 0.2) is 61.2 Å². The Bertz CT molecular complexity index is 817. The molecule has 0 saturated heterocycles. The number of hydrogen-bond donors (Lipinski definition) is 1. The van der Waals surface area contributed by atoms with Gasteiger partial charge in [0.1, 0.15) is 12.7 Å². The van der Waals surface area contributed by atoms with Crippen LogP contribution in [0.1, 0.15) is 17.2 Å². The van der Waals surface area contributed by atoms with E-state index in [4.69, 9.17) is 23.2 Å². The second-order valence-electron chi connectivity index (χ2n) is 5.53. The highest BCUT2D eigenvalue weighted by atomic mass is 35.5. The fourth-order valence-electron chi connectivity index (χ4n) is 2.54. The lowest BCUT2D eigenvalue weighted by atomic mass is 10.1. The molecule has 1 aromatic heterocycles. The van der Waals surface area contributed by atoms with Gasteiger partial charge in [0.2, 0.25) is 5.91 Å². The SMILES string of the molecule is O=C(Cc1c(Cl)cccc1Cl)NC(Cn1cncn1)c1ccccc1. The monoisotopic (exact) mass is 374 g/mol. The summed E-state index contributed by atoms with van der Waals surface area (Å²) in [5.41, 5.74) is 1.60. The number of carbonyl (C=O) groups excluding carboxylic acids is 1. The van der Waals surface area contributed by atoms with Gasteiger partial charge in [0.25, 0.3) is 0 Å². The summed E-state index contributed by atoms with van der Waals surface area (Å²) in [6.45, 7) is 0.478. The summed E-state index contributed by atoms with van der Waals surface area (Å²) in [6, 6.07) is 14.7. The fraction of sp³-hybridized carbons (Fsp3) is 0.167. The Kier molecular flexibility index (Phi) is 5.68. The Labute approximate surface area is 155 Å². The lowest BCUT2D eigenvalue weighted by molar-refractivity contribution is -0.121. The van der Waals surface area contributed by atoms with Crippen molar-refractivity contribution in [3.63, 3.8) is 0 Å². The van der Waals surface area contributed by atoms with Crippen molar-refractivity contribution in [3.05, 3.63) is 82.4 Å². The molecule has 0 spiro atoms. The summed E-state index contributed by atoms with van der Waals surface area (Å²) in [6.07, 6.45) is 3.19. The number of nitrogens with one attached hydrogen (secondary N) is 1. The molecule has 1 amide bonds. The maximum atomic E-state index is 12.6. The number of halogens is 2. The highest BCUT2D eigenvalue weighted by molar-refractivity contribution is 6.36. The third-order valence-electron chi connectivity index (χ3n) is 3.77. The third kappa shape index (κ3) is 4.59. The molecule has 0 radical (unpaired) electrons. The van der Waals surface area contributed by atoms with Gasteiger partial charge >= 0.3 is 0 Å². The number of nitrogens with zero attached hydrogens (tertiary/aromatic N) is 3. The Balaban J connectivity index is 1.76. The second-order valence-corrected chi connectivity index (χ2v) is 6.34. The zero-order valence-corrected chi connectivity index (χ0v) is 14.8. The topological polar surface area (TPSA) is 59.8 Å². The predicted molar refractivity (Wildman–Crippen MR) is 97.5 cm³/mol. The Hall–Kier alpha value is -2.37. The number of aromatic nitrogens is 3. The van der Waals surface area contributed by atoms with E-state index in [-0.39, 0.29) is 18.4 Å². The van der Waals surface area contributed by atoms with E-state index in [0.717, 1.165) is 5.56 Å². The predicted octanol–water partition coefficient (Wildman–Crippen LogP) is 3.69. The van der Waals surface area contributed by atoms with Gasteiger partial charge in [0, 0.05) is 10.0 Å². The van der Waals surface area contributed by atoms with E-state index < -0.39 is 0 Å². The van der Waals surface area contributed by atoms with Crippen LogP contribution in [0.2, 0.25) is 10.0 Å². The van der Waals surface area contributed by atoms with Crippen molar-refractivity contribution in [2.24, 2.45) is 0 Å². The van der Waals surface area contributed by atoms with Crippen molar-refractivity contribution in [2.45, 2.75) is 19.0 Å². The van der Waals surface area contributed by atoms with Crippen LogP contribution in [0, 0.1) is 0 Å². The number of benzene rings is 2. The standard InChI is InChI=1S/C18H16Cl2N4O/c19-15-7-4-8-16(20)14(15)9-18(25)23-17(10-24-12-21-11-22-24)13-5-2-1-3-6-13/h1-8,11-12,17H,9-10H2,(H,23,25). The van der Waals surface area contributed by atoms with Gasteiger partial charge in [-0.2, -0.15) is 5.10 Å². The molecule has 1 heterocycles. The van der Waals surface area contributed by atoms with Crippen LogP contribution in [0.5, 0.6) is 0 Å². The van der Waals surface area contributed by atoms with E-state index in [1.807, 2.05) is 30.3 Å². The molecule has 0 fully saturated rings. The molecule has 1 atom stereocenters. The lowest BCUT2D eigenvalue weighted by Crippen LogP contribution is -2.32. The first-order chi connectivity index (χ1) is 12.1. The van der Waals surface area contributed by atoms with Crippen LogP contribution in [0.3, 0.4) is 0 Å². The highest BCUT2D eigenvalue weighted by Crippen LogP contribution is 2.25. The maximum absolute atomic E-state index is 12.6. The van der Waals surface area contributed by atoms with Crippen LogP contribution in [0.25, 0.3) is 0 Å². The minimum absolute atomic E-state index is 0.110. The quantitative estimate of drug-likeness (QED) is 0.715. The van der Waals surface area contributed by atoms with E-state index in [2.05, 4.69) is 15.4 Å². The molecule has 7 heteroatoms. The average Bonchev–Trinajstić information content (AvgIpc) is 3.12. The summed E-state index contributed by atoms with van der Waals surface area (Å²) in [7, 11) is 0. The summed E-state index contributed by atoms with van der Waals surface area (Å²) < 4.78 is 1.68. The van der Waals surface area contributed by atoms with Crippen molar-refractivity contribution in [1.82, 2.24) is 20.1 Å². The highest BCUT2D eigenvalue weighted by Gasteiger charge is 2.17. The van der Waals surface area contributed by atoms with E-state index in [9.17, 15) is 4.79 Å². The molecule has 0 aliphatic rings. The van der Waals surface area contributed by atoms with Crippen molar-refractivity contribution in [2.75, 3.05) is 0 Å². The first-order valence-electron chi connectivity index (χ1n) is 7.73. The minimum atomic E-state index is -0.239. The third-order valence-corrected chi connectivity index (χ3v) is 4.48. The van der Waals surface area contributed by atoms with Crippen LogP contribution in [-0.2, 0) is 17.8 Å². The van der Waals surface area contributed by atoms with Crippen molar-refractivity contribution in [3.8, 4) is 0 Å². The van der Waals surface area contributed by atoms with Crippen molar-refractivity contribution >= 4 is 29.1 Å². The lowest BCUT2D eigenvalue weighted by Gasteiger charge is -2.19. The summed E-state index contributed by atoms with van der Waals surface area (Å²) in [5, 5.41) is 8.11. The van der Waals surface area contributed by atoms with Gasteiger partial charge in [0.15, 0.2) is 0 Å². The molecule has 3 rings (SSSR count). The number of carbonyl (C=O) groups is 1. The number of rotatable bonds is 6. The van der Waals surface area contributed by atoms with Gasteiger partial charge in [-0.25, -0.2) is 4.98 Å². The molecule has 1 unspecified atom stereocenters. The molecule has 3 aromatic rings. The van der Waals surface area contributed by atoms with E-state index in [1.54, 1.807) is 29.2 Å². The Morgan fingerprint density at radius 1 is 1.08 bits per heavy atom. The van der Waals surface area contributed by atoms with Gasteiger partial charge in [-0.05, 0) is 23.3 Å². The van der Waals surface area contributed by atoms with Crippen molar-refractivity contribution in [1.29, 1.82) is 0 Å². The zero-order valence-electron chi connectivity index (χ0n) is 13.3. The molecule has 128 valence electrons. The molecule has 0 aliphatic heterocycles. The van der Waals surface area contributed by atoms with Crippen LogP contribution < -0.4 is 5.32 Å². The molecule has 0 saturated carbocycles. The van der Waals surface area contributed by atoms with Gasteiger partial charge in [-0.3, -0.25) is 9.48 Å². The van der Waals surface area contributed by atoms with Crippen LogP contribution in [0.4, 0.5) is 0 Å². The van der Waals surface area contributed by atoms with Gasteiger partial charge < -0.3 is 5.32 Å². The van der Waals surface area contributed by atoms with E-state index in [1.165, 1.54) is 6.33 Å². The maximum Gasteiger partial charge on any atom is 0.225 e. The van der Waals surface area contributed by atoms with E-state index >= 15 is 0 Å². The minimum Gasteiger partial charge on any atom is -0.347 e. The molecule has 25 heavy (non-hydrogen) atoms.